The molecule has 1 aromatic heterocycles. The van der Waals surface area contributed by atoms with Crippen molar-refractivity contribution in [1.82, 2.24) is 9.97 Å². The van der Waals surface area contributed by atoms with Gasteiger partial charge in [0, 0.05) is 25.8 Å². The Bertz CT molecular complexity index is 391. The lowest BCUT2D eigenvalue weighted by molar-refractivity contribution is 0.0215. The van der Waals surface area contributed by atoms with Gasteiger partial charge in [-0.3, -0.25) is 0 Å². The minimum Gasteiger partial charge on any atom is -0.383 e. The van der Waals surface area contributed by atoms with Crippen LogP contribution >= 0.6 is 0 Å². The van der Waals surface area contributed by atoms with Crippen molar-refractivity contribution < 1.29 is 4.74 Å². The quantitative estimate of drug-likeness (QED) is 0.879. The number of hydrogen-bond donors (Lipinski definition) is 1. The third kappa shape index (κ3) is 2.90. The van der Waals surface area contributed by atoms with Crippen LogP contribution in [0.1, 0.15) is 31.7 Å². The molecule has 1 unspecified atom stereocenters. The van der Waals surface area contributed by atoms with Gasteiger partial charge in [-0.25, -0.2) is 9.97 Å². The topological polar surface area (TPSA) is 64.3 Å². The van der Waals surface area contributed by atoms with Crippen molar-refractivity contribution in [1.29, 1.82) is 0 Å². The van der Waals surface area contributed by atoms with Crippen molar-refractivity contribution in [3.63, 3.8) is 0 Å². The lowest BCUT2D eigenvalue weighted by Crippen LogP contribution is -2.34. The van der Waals surface area contributed by atoms with Gasteiger partial charge in [0.2, 0.25) is 0 Å². The number of hydrogen-bond acceptors (Lipinski definition) is 5. The van der Waals surface area contributed by atoms with Crippen LogP contribution in [0, 0.1) is 0 Å². The third-order valence-electron chi connectivity index (χ3n) is 3.42. The van der Waals surface area contributed by atoms with Crippen LogP contribution < -0.4 is 10.6 Å². The number of likely N-dealkylation sites (N-methyl/N-ethyl adjacent to an activating group) is 1. The lowest BCUT2D eigenvalue weighted by atomic mass is 10.1. The van der Waals surface area contributed by atoms with E-state index in [2.05, 4.69) is 21.8 Å². The van der Waals surface area contributed by atoms with E-state index in [4.69, 9.17) is 10.5 Å². The van der Waals surface area contributed by atoms with E-state index in [1.807, 2.05) is 7.05 Å². The summed E-state index contributed by atoms with van der Waals surface area (Å²) in [6.45, 7) is 3.82. The van der Waals surface area contributed by atoms with E-state index in [9.17, 15) is 0 Å². The molecule has 2 N–H and O–H groups in total. The molecule has 1 fully saturated rings. The zero-order valence-corrected chi connectivity index (χ0v) is 11.2. The molecule has 18 heavy (non-hydrogen) atoms. The number of anilines is 2. The van der Waals surface area contributed by atoms with E-state index in [1.165, 1.54) is 19.2 Å². The maximum Gasteiger partial charge on any atom is 0.137 e. The number of nitrogen functional groups attached to an aromatic ring is 1. The Balaban J connectivity index is 2.07. The smallest absolute Gasteiger partial charge is 0.137 e. The van der Waals surface area contributed by atoms with Gasteiger partial charge in [0.05, 0.1) is 6.10 Å². The standard InChI is InChI=1S/C13H22N4O/c1-3-11-12(14)15-9-16-13(11)17(2)8-10-6-4-5-7-18-10/h9-10H,3-8H2,1-2H3,(H2,14,15,16). The van der Waals surface area contributed by atoms with Crippen molar-refractivity contribution in [2.45, 2.75) is 38.7 Å². The van der Waals surface area contributed by atoms with Gasteiger partial charge in [-0.15, -0.1) is 0 Å². The molecule has 0 spiro atoms. The fourth-order valence-electron chi connectivity index (χ4n) is 2.43. The molecule has 1 aliphatic rings. The Kier molecular flexibility index (Phi) is 4.36. The van der Waals surface area contributed by atoms with Gasteiger partial charge in [-0.1, -0.05) is 6.92 Å². The van der Waals surface area contributed by atoms with Crippen molar-refractivity contribution in [2.75, 3.05) is 30.8 Å². The number of aromatic nitrogens is 2. The minimum atomic E-state index is 0.310. The number of rotatable bonds is 4. The molecule has 1 atom stereocenters. The van der Waals surface area contributed by atoms with Gasteiger partial charge in [0.25, 0.3) is 0 Å². The summed E-state index contributed by atoms with van der Waals surface area (Å²) in [5, 5.41) is 0. The fourth-order valence-corrected chi connectivity index (χ4v) is 2.43. The second-order valence-electron chi connectivity index (χ2n) is 4.78. The molecule has 2 heterocycles. The minimum absolute atomic E-state index is 0.310. The summed E-state index contributed by atoms with van der Waals surface area (Å²) in [5.41, 5.74) is 6.92. The average molecular weight is 250 g/mol. The zero-order chi connectivity index (χ0) is 13.0. The van der Waals surface area contributed by atoms with Gasteiger partial charge in [-0.2, -0.15) is 0 Å². The molecule has 5 nitrogen and oxygen atoms in total. The molecule has 0 bridgehead atoms. The average Bonchev–Trinajstić information content (AvgIpc) is 2.39. The van der Waals surface area contributed by atoms with Crippen LogP contribution in [-0.4, -0.2) is 36.3 Å². The van der Waals surface area contributed by atoms with E-state index in [-0.39, 0.29) is 0 Å². The van der Waals surface area contributed by atoms with E-state index in [1.54, 1.807) is 0 Å². The highest BCUT2D eigenvalue weighted by Crippen LogP contribution is 2.22. The Labute approximate surface area is 108 Å². The van der Waals surface area contributed by atoms with Crippen LogP contribution in [0.15, 0.2) is 6.33 Å². The summed E-state index contributed by atoms with van der Waals surface area (Å²) in [6, 6.07) is 0. The van der Waals surface area contributed by atoms with Crippen LogP contribution in [-0.2, 0) is 11.2 Å². The SMILES string of the molecule is CCc1c(N)ncnc1N(C)CC1CCCCO1. The Morgan fingerprint density at radius 1 is 1.44 bits per heavy atom. The molecule has 2 rings (SSSR count). The summed E-state index contributed by atoms with van der Waals surface area (Å²) in [6.07, 6.45) is 6.25. The molecule has 1 aliphatic heterocycles. The zero-order valence-electron chi connectivity index (χ0n) is 11.2. The number of nitrogens with two attached hydrogens (primary N) is 1. The van der Waals surface area contributed by atoms with Crippen LogP contribution in [0.25, 0.3) is 0 Å². The molecule has 0 saturated carbocycles. The van der Waals surface area contributed by atoms with E-state index < -0.39 is 0 Å². The van der Waals surface area contributed by atoms with Crippen molar-refractivity contribution in [3.05, 3.63) is 11.9 Å². The monoisotopic (exact) mass is 250 g/mol. The predicted molar refractivity (Wildman–Crippen MR) is 72.7 cm³/mol. The lowest BCUT2D eigenvalue weighted by Gasteiger charge is -2.29. The summed E-state index contributed by atoms with van der Waals surface area (Å²) < 4.78 is 5.76. The Hall–Kier alpha value is -1.36. The van der Waals surface area contributed by atoms with Gasteiger partial charge < -0.3 is 15.4 Å². The molecule has 0 aromatic carbocycles. The summed E-state index contributed by atoms with van der Waals surface area (Å²) in [7, 11) is 2.04. The second kappa shape index (κ2) is 6.00. The second-order valence-corrected chi connectivity index (χ2v) is 4.78. The summed E-state index contributed by atoms with van der Waals surface area (Å²) in [4.78, 5) is 10.5. The van der Waals surface area contributed by atoms with Gasteiger partial charge >= 0.3 is 0 Å². The summed E-state index contributed by atoms with van der Waals surface area (Å²) in [5.74, 6) is 1.51. The maximum absolute atomic E-state index is 5.89. The molecule has 100 valence electrons. The van der Waals surface area contributed by atoms with E-state index in [0.29, 0.717) is 11.9 Å². The maximum atomic E-state index is 5.89. The normalized spacial score (nSPS) is 19.8. The van der Waals surface area contributed by atoms with Crippen molar-refractivity contribution in [2.24, 2.45) is 0 Å². The van der Waals surface area contributed by atoms with Crippen LogP contribution in [0.3, 0.4) is 0 Å². The van der Waals surface area contributed by atoms with Crippen molar-refractivity contribution in [3.8, 4) is 0 Å². The van der Waals surface area contributed by atoms with Crippen LogP contribution in [0.2, 0.25) is 0 Å². The molecule has 0 amide bonds. The van der Waals surface area contributed by atoms with Gasteiger partial charge in [-0.05, 0) is 25.7 Å². The molecule has 0 radical (unpaired) electrons. The van der Waals surface area contributed by atoms with E-state index >= 15 is 0 Å². The molecule has 1 saturated heterocycles. The molecular formula is C13H22N4O. The first kappa shape index (κ1) is 13.1. The first-order chi connectivity index (χ1) is 8.72. The Morgan fingerprint density at radius 3 is 2.94 bits per heavy atom. The van der Waals surface area contributed by atoms with Gasteiger partial charge in [0.15, 0.2) is 0 Å². The molecule has 1 aromatic rings. The highest BCUT2D eigenvalue weighted by molar-refractivity contribution is 5.56. The number of nitrogens with zero attached hydrogens (tertiary/aromatic N) is 3. The molecule has 0 aliphatic carbocycles. The largest absolute Gasteiger partial charge is 0.383 e. The highest BCUT2D eigenvalue weighted by atomic mass is 16.5. The highest BCUT2D eigenvalue weighted by Gasteiger charge is 2.18. The predicted octanol–water partition coefficient (Wildman–Crippen LogP) is 1.63. The van der Waals surface area contributed by atoms with Crippen molar-refractivity contribution >= 4 is 11.6 Å². The first-order valence-electron chi connectivity index (χ1n) is 6.64. The van der Waals surface area contributed by atoms with Crippen LogP contribution in [0.4, 0.5) is 11.6 Å². The Morgan fingerprint density at radius 2 is 2.28 bits per heavy atom. The fraction of sp³-hybridized carbons (Fsp3) is 0.692. The third-order valence-corrected chi connectivity index (χ3v) is 3.42. The summed E-state index contributed by atoms with van der Waals surface area (Å²) >= 11 is 0. The number of ether oxygens (including phenoxy) is 1. The van der Waals surface area contributed by atoms with Crippen LogP contribution in [0.5, 0.6) is 0 Å². The first-order valence-corrected chi connectivity index (χ1v) is 6.64. The molecule has 5 heteroatoms. The molecular weight excluding hydrogens is 228 g/mol. The van der Waals surface area contributed by atoms with E-state index in [0.717, 1.165) is 37.4 Å². The van der Waals surface area contributed by atoms with Gasteiger partial charge in [0.1, 0.15) is 18.0 Å².